The first-order chi connectivity index (χ1) is 12.7. The Morgan fingerprint density at radius 2 is 1.85 bits per heavy atom. The number of nitrogens with zero attached hydrogens (tertiary/aromatic N) is 1. The summed E-state index contributed by atoms with van der Waals surface area (Å²) >= 11 is 0. The zero-order valence-corrected chi connectivity index (χ0v) is 15.5. The Kier molecular flexibility index (Phi) is 8.18. The van der Waals surface area contributed by atoms with Crippen molar-refractivity contribution in [3.8, 4) is 5.75 Å². The Morgan fingerprint density at radius 1 is 1.19 bits per heavy atom. The zero-order valence-electron chi connectivity index (χ0n) is 15.5. The van der Waals surface area contributed by atoms with E-state index in [9.17, 15) is 24.5 Å². The van der Waals surface area contributed by atoms with Gasteiger partial charge in [0.1, 0.15) is 6.04 Å². The molecule has 0 aliphatic carbocycles. The molecular weight excluding hydrogens is 360 g/mol. The van der Waals surface area contributed by atoms with Crippen LogP contribution in [0.4, 0.5) is 5.69 Å². The molecule has 0 aromatic heterocycles. The van der Waals surface area contributed by atoms with E-state index in [0.29, 0.717) is 6.42 Å². The van der Waals surface area contributed by atoms with Gasteiger partial charge in [-0.15, -0.1) is 0 Å². The highest BCUT2D eigenvalue weighted by Gasteiger charge is 2.24. The number of rotatable bonds is 9. The summed E-state index contributed by atoms with van der Waals surface area (Å²) in [5, 5.41) is 13.6. The van der Waals surface area contributed by atoms with Crippen molar-refractivity contribution in [3.63, 3.8) is 0 Å². The standard InChI is InChI=1S/C17H22N2O8/c1-10(2)7-12(17(22)26-4)18-15(20)9-27-14-6-5-11(16(21)25-3)8-13(14)19(23)24/h5-6,8,10,12H,7,9H2,1-4H3,(H,18,20)/t12-/m1/s1. The van der Waals surface area contributed by atoms with Gasteiger partial charge in [-0.25, -0.2) is 9.59 Å². The van der Waals surface area contributed by atoms with E-state index in [1.165, 1.54) is 19.2 Å². The summed E-state index contributed by atoms with van der Waals surface area (Å²) in [6.07, 6.45) is 0.367. The molecule has 1 amide bonds. The fourth-order valence-electron chi connectivity index (χ4n) is 2.23. The lowest BCUT2D eigenvalue weighted by Crippen LogP contribution is -2.44. The predicted molar refractivity (Wildman–Crippen MR) is 93.3 cm³/mol. The fourth-order valence-corrected chi connectivity index (χ4v) is 2.23. The number of esters is 2. The van der Waals surface area contributed by atoms with Gasteiger partial charge in [0.15, 0.2) is 12.4 Å². The number of methoxy groups -OCH3 is 2. The summed E-state index contributed by atoms with van der Waals surface area (Å²) in [6, 6.07) is 2.63. The molecule has 1 aromatic carbocycles. The molecule has 0 spiro atoms. The second-order valence-corrected chi connectivity index (χ2v) is 5.99. The maximum absolute atomic E-state index is 12.0. The van der Waals surface area contributed by atoms with Crippen LogP contribution in [0.1, 0.15) is 30.6 Å². The van der Waals surface area contributed by atoms with Gasteiger partial charge >= 0.3 is 17.6 Å². The third kappa shape index (κ3) is 6.57. The molecule has 10 heteroatoms. The first-order valence-corrected chi connectivity index (χ1v) is 8.06. The molecule has 0 heterocycles. The quantitative estimate of drug-likeness (QED) is 0.385. The topological polar surface area (TPSA) is 134 Å². The van der Waals surface area contributed by atoms with Crippen LogP contribution in [0.3, 0.4) is 0 Å². The molecule has 0 aliphatic heterocycles. The fraction of sp³-hybridized carbons (Fsp3) is 0.471. The van der Waals surface area contributed by atoms with Gasteiger partial charge in [0.2, 0.25) is 0 Å². The second kappa shape index (κ2) is 10.1. The van der Waals surface area contributed by atoms with E-state index in [1.54, 1.807) is 0 Å². The number of nitro benzene ring substituents is 1. The molecule has 0 radical (unpaired) electrons. The number of hydrogen-bond donors (Lipinski definition) is 1. The number of benzene rings is 1. The molecule has 148 valence electrons. The lowest BCUT2D eigenvalue weighted by molar-refractivity contribution is -0.385. The molecule has 0 fully saturated rings. The molecule has 0 unspecified atom stereocenters. The minimum Gasteiger partial charge on any atom is -0.477 e. The Bertz CT molecular complexity index is 717. The first-order valence-electron chi connectivity index (χ1n) is 8.06. The summed E-state index contributed by atoms with van der Waals surface area (Å²) in [4.78, 5) is 45.7. The van der Waals surface area contributed by atoms with Gasteiger partial charge in [-0.3, -0.25) is 14.9 Å². The lowest BCUT2D eigenvalue weighted by atomic mass is 10.0. The maximum Gasteiger partial charge on any atom is 0.338 e. The highest BCUT2D eigenvalue weighted by Crippen LogP contribution is 2.28. The summed E-state index contributed by atoms with van der Waals surface area (Å²) in [6.45, 7) is 3.21. The van der Waals surface area contributed by atoms with Crippen molar-refractivity contribution in [2.24, 2.45) is 5.92 Å². The van der Waals surface area contributed by atoms with Crippen LogP contribution in [0.5, 0.6) is 5.75 Å². The number of carbonyl (C=O) groups is 3. The lowest BCUT2D eigenvalue weighted by Gasteiger charge is -2.18. The predicted octanol–water partition coefficient (Wildman–Crippen LogP) is 1.46. The van der Waals surface area contributed by atoms with E-state index in [2.05, 4.69) is 14.8 Å². The van der Waals surface area contributed by atoms with Crippen molar-refractivity contribution < 1.29 is 33.5 Å². The van der Waals surface area contributed by atoms with E-state index in [4.69, 9.17) is 4.74 Å². The molecule has 0 bridgehead atoms. The third-order valence-corrected chi connectivity index (χ3v) is 3.46. The van der Waals surface area contributed by atoms with Crippen LogP contribution in [0.15, 0.2) is 18.2 Å². The van der Waals surface area contributed by atoms with Crippen LogP contribution in [-0.2, 0) is 19.1 Å². The van der Waals surface area contributed by atoms with E-state index < -0.39 is 41.1 Å². The van der Waals surface area contributed by atoms with Gasteiger partial charge < -0.3 is 19.5 Å². The van der Waals surface area contributed by atoms with Crippen molar-refractivity contribution in [2.45, 2.75) is 26.3 Å². The summed E-state index contributed by atoms with van der Waals surface area (Å²) in [5.41, 5.74) is -0.513. The number of amides is 1. The van der Waals surface area contributed by atoms with Gasteiger partial charge in [-0.1, -0.05) is 13.8 Å². The maximum atomic E-state index is 12.0. The third-order valence-electron chi connectivity index (χ3n) is 3.46. The Morgan fingerprint density at radius 3 is 2.37 bits per heavy atom. The van der Waals surface area contributed by atoms with E-state index in [0.717, 1.165) is 13.2 Å². The van der Waals surface area contributed by atoms with Crippen LogP contribution in [0, 0.1) is 16.0 Å². The van der Waals surface area contributed by atoms with Gasteiger partial charge in [-0.2, -0.15) is 0 Å². The van der Waals surface area contributed by atoms with E-state index in [1.807, 2.05) is 13.8 Å². The summed E-state index contributed by atoms with van der Waals surface area (Å²) in [5.74, 6) is -2.04. The van der Waals surface area contributed by atoms with E-state index >= 15 is 0 Å². The number of ether oxygens (including phenoxy) is 3. The molecule has 0 saturated heterocycles. The second-order valence-electron chi connectivity index (χ2n) is 5.99. The van der Waals surface area contributed by atoms with Crippen molar-refractivity contribution >= 4 is 23.5 Å². The largest absolute Gasteiger partial charge is 0.477 e. The van der Waals surface area contributed by atoms with Crippen molar-refractivity contribution in [1.82, 2.24) is 5.32 Å². The van der Waals surface area contributed by atoms with Crippen molar-refractivity contribution in [2.75, 3.05) is 20.8 Å². The molecule has 0 saturated carbocycles. The average Bonchev–Trinajstić information content (AvgIpc) is 2.63. The number of nitro groups is 1. The van der Waals surface area contributed by atoms with Crippen molar-refractivity contribution in [3.05, 3.63) is 33.9 Å². The highest BCUT2D eigenvalue weighted by atomic mass is 16.6. The molecule has 1 N–H and O–H groups in total. The Labute approximate surface area is 155 Å². The van der Waals surface area contributed by atoms with E-state index in [-0.39, 0.29) is 17.2 Å². The molecule has 1 rings (SSSR count). The number of hydrogen-bond acceptors (Lipinski definition) is 8. The highest BCUT2D eigenvalue weighted by molar-refractivity contribution is 5.90. The average molecular weight is 382 g/mol. The molecule has 1 atom stereocenters. The molecule has 1 aromatic rings. The number of carbonyl (C=O) groups excluding carboxylic acids is 3. The minimum absolute atomic E-state index is 0.0244. The Hall–Kier alpha value is -3.17. The SMILES string of the molecule is COC(=O)c1ccc(OCC(=O)N[C@H](CC(C)C)C(=O)OC)c([N+](=O)[O-])c1. The Balaban J connectivity index is 2.84. The van der Waals surface area contributed by atoms with Gasteiger partial charge in [0.25, 0.3) is 5.91 Å². The number of nitrogens with one attached hydrogen (secondary N) is 1. The first kappa shape index (κ1) is 21.9. The summed E-state index contributed by atoms with van der Waals surface area (Å²) in [7, 11) is 2.36. The zero-order chi connectivity index (χ0) is 20.6. The van der Waals surface area contributed by atoms with Crippen LogP contribution in [0.25, 0.3) is 0 Å². The van der Waals surface area contributed by atoms with Gasteiger partial charge in [-0.05, 0) is 24.5 Å². The summed E-state index contributed by atoms with van der Waals surface area (Å²) < 4.78 is 14.3. The van der Waals surface area contributed by atoms with Crippen molar-refractivity contribution in [1.29, 1.82) is 0 Å². The monoisotopic (exact) mass is 382 g/mol. The minimum atomic E-state index is -0.845. The smallest absolute Gasteiger partial charge is 0.338 e. The van der Waals surface area contributed by atoms with Crippen LogP contribution in [0.2, 0.25) is 0 Å². The van der Waals surface area contributed by atoms with Crippen LogP contribution in [-0.4, -0.2) is 49.6 Å². The van der Waals surface area contributed by atoms with Gasteiger partial charge in [0.05, 0.1) is 24.7 Å². The van der Waals surface area contributed by atoms with Gasteiger partial charge in [0, 0.05) is 6.07 Å². The van der Waals surface area contributed by atoms with Crippen LogP contribution >= 0.6 is 0 Å². The molecule has 10 nitrogen and oxygen atoms in total. The molecular formula is C17H22N2O8. The molecule has 0 aliphatic rings. The molecule has 27 heavy (non-hydrogen) atoms. The normalized spacial score (nSPS) is 11.4. The van der Waals surface area contributed by atoms with Crippen LogP contribution < -0.4 is 10.1 Å².